The number of rotatable bonds is 4. The number of hydrogen-bond donors (Lipinski definition) is 0. The summed E-state index contributed by atoms with van der Waals surface area (Å²) in [7, 11) is 1.73. The molecule has 1 saturated carbocycles. The average Bonchev–Trinajstić information content (AvgIpc) is 2.41. The summed E-state index contributed by atoms with van der Waals surface area (Å²) < 4.78 is 5.48. The molecule has 3 atom stereocenters. The van der Waals surface area contributed by atoms with E-state index in [0.717, 1.165) is 29.0 Å². The van der Waals surface area contributed by atoms with Gasteiger partial charge in [0.05, 0.1) is 7.11 Å². The van der Waals surface area contributed by atoms with Gasteiger partial charge in [0.25, 0.3) is 0 Å². The molecule has 112 valence electrons. The first-order valence-corrected chi connectivity index (χ1v) is 8.77. The Labute approximate surface area is 136 Å². The van der Waals surface area contributed by atoms with E-state index in [1.807, 2.05) is 12.1 Å². The van der Waals surface area contributed by atoms with Crippen LogP contribution in [0.2, 0.25) is 5.02 Å². The Hall–Kier alpha value is -0.210. The van der Waals surface area contributed by atoms with Gasteiger partial charge in [-0.2, -0.15) is 0 Å². The summed E-state index contributed by atoms with van der Waals surface area (Å²) in [5.41, 5.74) is 1.24. The molecule has 3 unspecified atom stereocenters. The molecule has 0 spiro atoms. The molecule has 0 amide bonds. The van der Waals surface area contributed by atoms with Crippen LogP contribution in [0.15, 0.2) is 18.2 Å². The fraction of sp³-hybridized carbons (Fsp3) is 0.647. The van der Waals surface area contributed by atoms with Crippen molar-refractivity contribution in [2.24, 2.45) is 17.8 Å². The lowest BCUT2D eigenvalue weighted by molar-refractivity contribution is 0.222. The number of benzene rings is 1. The van der Waals surface area contributed by atoms with Gasteiger partial charge < -0.3 is 4.74 Å². The van der Waals surface area contributed by atoms with Crippen molar-refractivity contribution >= 4 is 27.5 Å². The van der Waals surface area contributed by atoms with Gasteiger partial charge in [0.1, 0.15) is 5.75 Å². The normalized spacial score (nSPS) is 26.8. The molecule has 0 radical (unpaired) electrons. The first-order valence-electron chi connectivity index (χ1n) is 7.47. The monoisotopic (exact) mass is 358 g/mol. The fourth-order valence-electron chi connectivity index (χ4n) is 3.27. The predicted octanol–water partition coefficient (Wildman–Crippen LogP) is 5.73. The molecule has 0 saturated heterocycles. The van der Waals surface area contributed by atoms with E-state index in [-0.39, 0.29) is 0 Å². The molecule has 0 N–H and O–H groups in total. The molecule has 1 fully saturated rings. The molecule has 0 bridgehead atoms. The molecule has 0 aromatic heterocycles. The molecule has 1 aromatic rings. The van der Waals surface area contributed by atoms with Crippen molar-refractivity contribution in [1.29, 1.82) is 0 Å². The van der Waals surface area contributed by atoms with E-state index >= 15 is 0 Å². The van der Waals surface area contributed by atoms with Crippen molar-refractivity contribution in [3.63, 3.8) is 0 Å². The maximum atomic E-state index is 6.14. The summed E-state index contributed by atoms with van der Waals surface area (Å²) in [6, 6.07) is 5.93. The second-order valence-corrected chi connectivity index (χ2v) is 7.87. The van der Waals surface area contributed by atoms with Crippen molar-refractivity contribution < 1.29 is 4.74 Å². The minimum atomic E-state index is 0.612. The lowest BCUT2D eigenvalue weighted by atomic mass is 9.74. The van der Waals surface area contributed by atoms with Gasteiger partial charge in [-0.1, -0.05) is 41.4 Å². The largest absolute Gasteiger partial charge is 0.496 e. The van der Waals surface area contributed by atoms with Crippen molar-refractivity contribution in [3.05, 3.63) is 28.8 Å². The van der Waals surface area contributed by atoms with Gasteiger partial charge in [0.2, 0.25) is 0 Å². The SMILES string of the molecule is COc1ccc(Cl)cc1CC1CC(C(C)C)CCC1Br. The zero-order valence-corrected chi connectivity index (χ0v) is 14.9. The topological polar surface area (TPSA) is 9.23 Å². The molecular formula is C17H24BrClO. The van der Waals surface area contributed by atoms with E-state index < -0.39 is 0 Å². The fourth-order valence-corrected chi connectivity index (χ4v) is 4.13. The summed E-state index contributed by atoms with van der Waals surface area (Å²) in [6.07, 6.45) is 4.96. The van der Waals surface area contributed by atoms with Crippen LogP contribution < -0.4 is 4.74 Å². The quantitative estimate of drug-likeness (QED) is 0.624. The predicted molar refractivity (Wildman–Crippen MR) is 90.1 cm³/mol. The Morgan fingerprint density at radius 3 is 2.75 bits per heavy atom. The highest BCUT2D eigenvalue weighted by Crippen LogP contribution is 2.40. The van der Waals surface area contributed by atoms with Crippen LogP contribution in [-0.4, -0.2) is 11.9 Å². The molecule has 0 heterocycles. The Morgan fingerprint density at radius 2 is 2.10 bits per heavy atom. The Kier molecular flexibility index (Phi) is 5.80. The molecule has 1 aliphatic rings. The molecule has 0 aliphatic heterocycles. The van der Waals surface area contributed by atoms with E-state index in [9.17, 15) is 0 Å². The summed E-state index contributed by atoms with van der Waals surface area (Å²) in [6.45, 7) is 4.69. The maximum absolute atomic E-state index is 6.14. The molecule has 1 nitrogen and oxygen atoms in total. The Morgan fingerprint density at radius 1 is 1.35 bits per heavy atom. The van der Waals surface area contributed by atoms with E-state index in [1.165, 1.54) is 24.8 Å². The van der Waals surface area contributed by atoms with Gasteiger partial charge in [-0.25, -0.2) is 0 Å². The minimum absolute atomic E-state index is 0.612. The second kappa shape index (κ2) is 7.17. The summed E-state index contributed by atoms with van der Waals surface area (Å²) >= 11 is 10.0. The lowest BCUT2D eigenvalue weighted by Crippen LogP contribution is -2.29. The van der Waals surface area contributed by atoms with Gasteiger partial charge in [-0.15, -0.1) is 0 Å². The van der Waals surface area contributed by atoms with Crippen molar-refractivity contribution in [2.75, 3.05) is 7.11 Å². The second-order valence-electron chi connectivity index (χ2n) is 6.25. The van der Waals surface area contributed by atoms with Gasteiger partial charge in [0, 0.05) is 9.85 Å². The third-order valence-electron chi connectivity index (χ3n) is 4.60. The number of ether oxygens (including phenoxy) is 1. The summed E-state index contributed by atoms with van der Waals surface area (Å²) in [4.78, 5) is 0.612. The van der Waals surface area contributed by atoms with Crippen LogP contribution in [0.25, 0.3) is 0 Å². The van der Waals surface area contributed by atoms with E-state index in [2.05, 4.69) is 35.8 Å². The van der Waals surface area contributed by atoms with Crippen LogP contribution in [0.3, 0.4) is 0 Å². The highest BCUT2D eigenvalue weighted by atomic mass is 79.9. The third kappa shape index (κ3) is 3.92. The minimum Gasteiger partial charge on any atom is -0.496 e. The Bertz CT molecular complexity index is 447. The molecule has 1 aromatic carbocycles. The van der Waals surface area contributed by atoms with Crippen molar-refractivity contribution in [3.8, 4) is 5.75 Å². The van der Waals surface area contributed by atoms with Crippen LogP contribution in [0.4, 0.5) is 0 Å². The van der Waals surface area contributed by atoms with Crippen LogP contribution in [0.1, 0.15) is 38.7 Å². The van der Waals surface area contributed by atoms with Crippen LogP contribution >= 0.6 is 27.5 Å². The highest BCUT2D eigenvalue weighted by molar-refractivity contribution is 9.09. The van der Waals surface area contributed by atoms with Crippen LogP contribution in [0.5, 0.6) is 5.75 Å². The molecular weight excluding hydrogens is 336 g/mol. The zero-order valence-electron chi connectivity index (χ0n) is 12.5. The van der Waals surface area contributed by atoms with Crippen molar-refractivity contribution in [1.82, 2.24) is 0 Å². The van der Waals surface area contributed by atoms with Crippen molar-refractivity contribution in [2.45, 2.75) is 44.4 Å². The van der Waals surface area contributed by atoms with Gasteiger partial charge >= 0.3 is 0 Å². The van der Waals surface area contributed by atoms with E-state index in [0.29, 0.717) is 10.7 Å². The smallest absolute Gasteiger partial charge is 0.122 e. The lowest BCUT2D eigenvalue weighted by Gasteiger charge is -2.35. The van der Waals surface area contributed by atoms with Crippen LogP contribution in [0, 0.1) is 17.8 Å². The molecule has 2 rings (SSSR count). The molecule has 1 aliphatic carbocycles. The van der Waals surface area contributed by atoms with Crippen LogP contribution in [-0.2, 0) is 6.42 Å². The third-order valence-corrected chi connectivity index (χ3v) is 6.04. The first kappa shape index (κ1) is 16.2. The summed E-state index contributed by atoms with van der Waals surface area (Å²) in [5, 5.41) is 0.795. The average molecular weight is 360 g/mol. The maximum Gasteiger partial charge on any atom is 0.122 e. The Balaban J connectivity index is 2.13. The summed E-state index contributed by atoms with van der Waals surface area (Å²) in [5.74, 6) is 3.25. The molecule has 3 heteroatoms. The highest BCUT2D eigenvalue weighted by Gasteiger charge is 2.30. The number of methoxy groups -OCH3 is 1. The number of alkyl halides is 1. The van der Waals surface area contributed by atoms with Gasteiger partial charge in [0.15, 0.2) is 0 Å². The standard InChI is InChI=1S/C17H24BrClO/c1-11(2)12-4-6-16(18)13(8-12)9-14-10-15(19)5-7-17(14)20-3/h5,7,10-13,16H,4,6,8-9H2,1-3H3. The number of halogens is 2. The van der Waals surface area contributed by atoms with E-state index in [1.54, 1.807) is 7.11 Å². The zero-order chi connectivity index (χ0) is 14.7. The van der Waals surface area contributed by atoms with Gasteiger partial charge in [-0.3, -0.25) is 0 Å². The number of hydrogen-bond acceptors (Lipinski definition) is 1. The van der Waals surface area contributed by atoms with E-state index in [4.69, 9.17) is 16.3 Å². The molecule has 20 heavy (non-hydrogen) atoms. The van der Waals surface area contributed by atoms with Gasteiger partial charge in [-0.05, 0) is 67.2 Å². The first-order chi connectivity index (χ1) is 9.51.